The van der Waals surface area contributed by atoms with Gasteiger partial charge in [0.1, 0.15) is 0 Å². The van der Waals surface area contributed by atoms with E-state index >= 15 is 0 Å². The molecule has 0 aromatic rings. The van der Waals surface area contributed by atoms with Gasteiger partial charge in [-0.05, 0) is 38.8 Å². The normalized spacial score (nSPS) is 39.0. The molecule has 0 radical (unpaired) electrons. The number of fused-ring (bicyclic) bond motifs is 1. The number of aliphatic hydroxyl groups is 1. The number of nitrogens with one attached hydrogen (secondary N) is 1. The first-order valence-corrected chi connectivity index (χ1v) is 5.31. The van der Waals surface area contributed by atoms with Crippen LogP contribution in [0.15, 0.2) is 0 Å². The van der Waals surface area contributed by atoms with Crippen LogP contribution in [-0.2, 0) is 0 Å². The molecule has 4 atom stereocenters. The van der Waals surface area contributed by atoms with E-state index in [0.717, 1.165) is 11.8 Å². The van der Waals surface area contributed by atoms with Crippen LogP contribution in [0.3, 0.4) is 0 Å². The molecule has 3 heteroatoms. The molecule has 2 unspecified atom stereocenters. The lowest BCUT2D eigenvalue weighted by Crippen LogP contribution is -2.40. The maximum Gasteiger partial charge on any atom is 0.0664 e. The van der Waals surface area contributed by atoms with Gasteiger partial charge in [-0.3, -0.25) is 4.90 Å². The third-order valence-electron chi connectivity index (χ3n) is 3.69. The van der Waals surface area contributed by atoms with E-state index in [4.69, 9.17) is 0 Å². The Bertz CT molecular complexity index is 172. The SMILES string of the molecule is CC(O)C(C)N1C[C@H]2CNC[C@H]2C1. The molecule has 0 aliphatic carbocycles. The van der Waals surface area contributed by atoms with Crippen molar-refractivity contribution < 1.29 is 5.11 Å². The van der Waals surface area contributed by atoms with Gasteiger partial charge < -0.3 is 10.4 Å². The van der Waals surface area contributed by atoms with E-state index in [9.17, 15) is 5.11 Å². The molecule has 2 rings (SSSR count). The molecule has 0 aromatic heterocycles. The molecule has 0 spiro atoms. The largest absolute Gasteiger partial charge is 0.392 e. The maximum absolute atomic E-state index is 9.49. The van der Waals surface area contributed by atoms with Crippen LogP contribution in [0.1, 0.15) is 13.8 Å². The molecular weight excluding hydrogens is 164 g/mol. The van der Waals surface area contributed by atoms with Gasteiger partial charge in [0.15, 0.2) is 0 Å². The van der Waals surface area contributed by atoms with Crippen LogP contribution in [0.25, 0.3) is 0 Å². The molecule has 2 aliphatic heterocycles. The maximum atomic E-state index is 9.49. The summed E-state index contributed by atoms with van der Waals surface area (Å²) >= 11 is 0. The lowest BCUT2D eigenvalue weighted by molar-refractivity contribution is 0.0811. The Hall–Kier alpha value is -0.120. The molecule has 2 saturated heterocycles. The van der Waals surface area contributed by atoms with Gasteiger partial charge in [-0.25, -0.2) is 0 Å². The zero-order valence-electron chi connectivity index (χ0n) is 8.53. The third kappa shape index (κ3) is 1.73. The van der Waals surface area contributed by atoms with Gasteiger partial charge in [0, 0.05) is 19.1 Å². The average molecular weight is 184 g/mol. The summed E-state index contributed by atoms with van der Waals surface area (Å²) in [5, 5.41) is 12.9. The van der Waals surface area contributed by atoms with Crippen molar-refractivity contribution in [3.8, 4) is 0 Å². The van der Waals surface area contributed by atoms with E-state index < -0.39 is 0 Å². The topological polar surface area (TPSA) is 35.5 Å². The fourth-order valence-electron chi connectivity index (χ4n) is 2.53. The summed E-state index contributed by atoms with van der Waals surface area (Å²) < 4.78 is 0. The number of nitrogens with zero attached hydrogens (tertiary/aromatic N) is 1. The second-order valence-corrected chi connectivity index (χ2v) is 4.61. The predicted molar refractivity (Wildman–Crippen MR) is 52.6 cm³/mol. The minimum atomic E-state index is -0.202. The fraction of sp³-hybridized carbons (Fsp3) is 1.00. The third-order valence-corrected chi connectivity index (χ3v) is 3.69. The predicted octanol–water partition coefficient (Wildman–Crippen LogP) is -0.0931. The van der Waals surface area contributed by atoms with Crippen LogP contribution in [0.5, 0.6) is 0 Å². The van der Waals surface area contributed by atoms with Crippen LogP contribution < -0.4 is 5.32 Å². The van der Waals surface area contributed by atoms with Gasteiger partial charge in [-0.1, -0.05) is 0 Å². The zero-order chi connectivity index (χ0) is 9.42. The van der Waals surface area contributed by atoms with Crippen molar-refractivity contribution in [1.29, 1.82) is 0 Å². The van der Waals surface area contributed by atoms with Gasteiger partial charge >= 0.3 is 0 Å². The summed E-state index contributed by atoms with van der Waals surface area (Å²) in [7, 11) is 0. The van der Waals surface area contributed by atoms with Crippen LogP contribution in [0.2, 0.25) is 0 Å². The van der Waals surface area contributed by atoms with Crippen LogP contribution >= 0.6 is 0 Å². The highest BCUT2D eigenvalue weighted by Gasteiger charge is 2.38. The molecule has 2 heterocycles. The van der Waals surface area contributed by atoms with Crippen molar-refractivity contribution in [2.45, 2.75) is 26.0 Å². The Morgan fingerprint density at radius 3 is 2.23 bits per heavy atom. The van der Waals surface area contributed by atoms with Crippen molar-refractivity contribution in [1.82, 2.24) is 10.2 Å². The number of aliphatic hydroxyl groups excluding tert-OH is 1. The van der Waals surface area contributed by atoms with E-state index in [-0.39, 0.29) is 6.10 Å². The number of hydrogen-bond donors (Lipinski definition) is 2. The van der Waals surface area contributed by atoms with E-state index in [1.807, 2.05) is 6.92 Å². The second-order valence-electron chi connectivity index (χ2n) is 4.61. The van der Waals surface area contributed by atoms with Gasteiger partial charge in [-0.2, -0.15) is 0 Å². The Morgan fingerprint density at radius 2 is 1.77 bits per heavy atom. The molecule has 13 heavy (non-hydrogen) atoms. The molecule has 3 nitrogen and oxygen atoms in total. The highest BCUT2D eigenvalue weighted by atomic mass is 16.3. The molecule has 2 N–H and O–H groups in total. The minimum Gasteiger partial charge on any atom is -0.392 e. The first-order valence-electron chi connectivity index (χ1n) is 5.31. The second kappa shape index (κ2) is 3.56. The Morgan fingerprint density at radius 1 is 1.23 bits per heavy atom. The molecule has 0 aromatic carbocycles. The van der Waals surface area contributed by atoms with E-state index in [0.29, 0.717) is 6.04 Å². The van der Waals surface area contributed by atoms with Crippen LogP contribution in [0.4, 0.5) is 0 Å². The molecular formula is C10H20N2O. The van der Waals surface area contributed by atoms with Crippen molar-refractivity contribution >= 4 is 0 Å². The molecule has 2 aliphatic rings. The van der Waals surface area contributed by atoms with Gasteiger partial charge in [0.25, 0.3) is 0 Å². The Balaban J connectivity index is 1.91. The fourth-order valence-corrected chi connectivity index (χ4v) is 2.53. The highest BCUT2D eigenvalue weighted by Crippen LogP contribution is 2.28. The quantitative estimate of drug-likeness (QED) is 0.629. The first kappa shape index (κ1) is 9.44. The Labute approximate surface area is 80.1 Å². The first-order chi connectivity index (χ1) is 6.18. The van der Waals surface area contributed by atoms with Crippen molar-refractivity contribution in [2.75, 3.05) is 26.2 Å². The van der Waals surface area contributed by atoms with Crippen molar-refractivity contribution in [3.63, 3.8) is 0 Å². The zero-order valence-corrected chi connectivity index (χ0v) is 8.53. The number of rotatable bonds is 2. The van der Waals surface area contributed by atoms with Gasteiger partial charge in [0.2, 0.25) is 0 Å². The summed E-state index contributed by atoms with van der Waals surface area (Å²) in [6.45, 7) is 8.70. The lowest BCUT2D eigenvalue weighted by atomic mass is 10.0. The van der Waals surface area contributed by atoms with Crippen molar-refractivity contribution in [2.24, 2.45) is 11.8 Å². The Kier molecular flexibility index (Phi) is 2.58. The summed E-state index contributed by atoms with van der Waals surface area (Å²) in [4.78, 5) is 2.43. The van der Waals surface area contributed by atoms with E-state index in [1.54, 1.807) is 0 Å². The van der Waals surface area contributed by atoms with Gasteiger partial charge in [0.05, 0.1) is 6.10 Å². The monoisotopic (exact) mass is 184 g/mol. The molecule has 2 fully saturated rings. The lowest BCUT2D eigenvalue weighted by Gasteiger charge is -2.27. The van der Waals surface area contributed by atoms with E-state index in [2.05, 4.69) is 17.1 Å². The number of likely N-dealkylation sites (tertiary alicyclic amines) is 1. The standard InChI is InChI=1S/C10H20N2O/c1-7(8(2)13)12-5-9-3-11-4-10(9)6-12/h7-11,13H,3-6H2,1-2H3/t7?,8?,9-,10+. The smallest absolute Gasteiger partial charge is 0.0664 e. The molecule has 0 amide bonds. The summed E-state index contributed by atoms with van der Waals surface area (Å²) in [5.74, 6) is 1.67. The summed E-state index contributed by atoms with van der Waals surface area (Å²) in [6.07, 6.45) is -0.202. The minimum absolute atomic E-state index is 0.202. The molecule has 76 valence electrons. The summed E-state index contributed by atoms with van der Waals surface area (Å²) in [6, 6.07) is 0.325. The van der Waals surface area contributed by atoms with E-state index in [1.165, 1.54) is 26.2 Å². The van der Waals surface area contributed by atoms with Crippen LogP contribution in [-0.4, -0.2) is 48.3 Å². The molecule has 0 saturated carbocycles. The average Bonchev–Trinajstić information content (AvgIpc) is 2.59. The van der Waals surface area contributed by atoms with Crippen LogP contribution in [0, 0.1) is 11.8 Å². The number of hydrogen-bond acceptors (Lipinski definition) is 3. The highest BCUT2D eigenvalue weighted by molar-refractivity contribution is 4.93. The molecule has 0 bridgehead atoms. The van der Waals surface area contributed by atoms with Crippen molar-refractivity contribution in [3.05, 3.63) is 0 Å². The summed E-state index contributed by atoms with van der Waals surface area (Å²) in [5.41, 5.74) is 0. The van der Waals surface area contributed by atoms with Gasteiger partial charge in [-0.15, -0.1) is 0 Å².